The lowest BCUT2D eigenvalue weighted by atomic mass is 10.1. The fraction of sp³-hybridized carbons (Fsp3) is 0.625. The summed E-state index contributed by atoms with van der Waals surface area (Å²) in [4.78, 5) is 1.67. The van der Waals surface area contributed by atoms with Crippen molar-refractivity contribution in [2.24, 2.45) is 0 Å². The molecular weight excluding hydrogens is 274 g/mol. The molecule has 118 valence electrons. The molecule has 2 rings (SSSR count). The van der Waals surface area contributed by atoms with Crippen LogP contribution in [0.15, 0.2) is 12.1 Å². The van der Waals surface area contributed by atoms with Gasteiger partial charge in [-0.3, -0.25) is 0 Å². The van der Waals surface area contributed by atoms with E-state index in [9.17, 15) is 8.78 Å². The van der Waals surface area contributed by atoms with Crippen molar-refractivity contribution in [3.63, 3.8) is 0 Å². The first-order valence-corrected chi connectivity index (χ1v) is 7.46. The van der Waals surface area contributed by atoms with E-state index in [0.29, 0.717) is 18.7 Å². The first-order chi connectivity index (χ1) is 9.90. The molecule has 3 nitrogen and oxygen atoms in total. The number of ether oxygens (including phenoxy) is 1. The second-order valence-corrected chi connectivity index (χ2v) is 5.99. The Kier molecular flexibility index (Phi) is 5.17. The molecule has 1 heterocycles. The first-order valence-electron chi connectivity index (χ1n) is 7.46. The van der Waals surface area contributed by atoms with Gasteiger partial charge in [0.25, 0.3) is 0 Å². The van der Waals surface area contributed by atoms with Crippen LogP contribution in [-0.2, 0) is 11.3 Å². The van der Waals surface area contributed by atoms with Crippen molar-refractivity contribution >= 4 is 5.69 Å². The summed E-state index contributed by atoms with van der Waals surface area (Å²) < 4.78 is 34.1. The highest BCUT2D eigenvalue weighted by Gasteiger charge is 2.30. The summed E-state index contributed by atoms with van der Waals surface area (Å²) in [7, 11) is 1.73. The fourth-order valence-corrected chi connectivity index (χ4v) is 2.77. The molecular formula is C16H24F2N2O. The van der Waals surface area contributed by atoms with Gasteiger partial charge in [0.2, 0.25) is 0 Å². The molecule has 1 aliphatic rings. The molecule has 0 spiro atoms. The standard InChI is InChI=1S/C16H24F2N2O/c1-10(2)19-9-12-7-13(17)16(14(18)8-12)20(4)15-5-6-21-11(15)3/h7-8,10-11,15,19H,5-6,9H2,1-4H3. The van der Waals surface area contributed by atoms with Crippen molar-refractivity contribution in [1.29, 1.82) is 0 Å². The van der Waals surface area contributed by atoms with E-state index in [-0.39, 0.29) is 23.9 Å². The summed E-state index contributed by atoms with van der Waals surface area (Å²) in [6.45, 7) is 7.02. The molecule has 1 N–H and O–H groups in total. The van der Waals surface area contributed by atoms with Gasteiger partial charge in [0.05, 0.1) is 12.1 Å². The lowest BCUT2D eigenvalue weighted by molar-refractivity contribution is 0.118. The van der Waals surface area contributed by atoms with Gasteiger partial charge in [-0.15, -0.1) is 0 Å². The summed E-state index contributed by atoms with van der Waals surface area (Å²) in [6, 6.07) is 3.10. The molecule has 21 heavy (non-hydrogen) atoms. The largest absolute Gasteiger partial charge is 0.376 e. The number of hydrogen-bond donors (Lipinski definition) is 1. The van der Waals surface area contributed by atoms with E-state index in [1.165, 1.54) is 12.1 Å². The van der Waals surface area contributed by atoms with Crippen LogP contribution in [0.5, 0.6) is 0 Å². The summed E-state index contributed by atoms with van der Waals surface area (Å²) in [5.74, 6) is -1.03. The molecule has 0 radical (unpaired) electrons. The van der Waals surface area contributed by atoms with E-state index < -0.39 is 11.6 Å². The van der Waals surface area contributed by atoms with Gasteiger partial charge in [-0.05, 0) is 31.0 Å². The molecule has 0 aromatic heterocycles. The summed E-state index contributed by atoms with van der Waals surface area (Å²) in [5.41, 5.74) is 0.650. The lowest BCUT2D eigenvalue weighted by Crippen LogP contribution is -2.38. The molecule has 1 aromatic rings. The van der Waals surface area contributed by atoms with Crippen LogP contribution in [0.4, 0.5) is 14.5 Å². The van der Waals surface area contributed by atoms with Crippen LogP contribution >= 0.6 is 0 Å². The third-order valence-electron chi connectivity index (χ3n) is 3.98. The third-order valence-corrected chi connectivity index (χ3v) is 3.98. The highest BCUT2D eigenvalue weighted by molar-refractivity contribution is 5.51. The van der Waals surface area contributed by atoms with Gasteiger partial charge in [-0.25, -0.2) is 8.78 Å². The summed E-state index contributed by atoms with van der Waals surface area (Å²) in [6.07, 6.45) is 0.767. The molecule has 1 saturated heterocycles. The molecule has 0 aliphatic carbocycles. The number of nitrogens with zero attached hydrogens (tertiary/aromatic N) is 1. The van der Waals surface area contributed by atoms with Gasteiger partial charge in [-0.1, -0.05) is 13.8 Å². The second-order valence-electron chi connectivity index (χ2n) is 5.99. The molecule has 1 aliphatic heterocycles. The van der Waals surface area contributed by atoms with Crippen LogP contribution < -0.4 is 10.2 Å². The van der Waals surface area contributed by atoms with Gasteiger partial charge in [-0.2, -0.15) is 0 Å². The Morgan fingerprint density at radius 2 is 1.95 bits per heavy atom. The zero-order valence-electron chi connectivity index (χ0n) is 13.1. The monoisotopic (exact) mass is 298 g/mol. The van der Waals surface area contributed by atoms with Gasteiger partial charge in [0, 0.05) is 26.2 Å². The second kappa shape index (κ2) is 6.71. The molecule has 5 heteroatoms. The maximum atomic E-state index is 14.3. The van der Waals surface area contributed by atoms with Crippen LogP contribution in [-0.4, -0.2) is 31.8 Å². The molecule has 2 unspecified atom stereocenters. The zero-order chi connectivity index (χ0) is 15.6. The van der Waals surface area contributed by atoms with Crippen molar-refractivity contribution in [1.82, 2.24) is 5.32 Å². The van der Waals surface area contributed by atoms with E-state index in [2.05, 4.69) is 5.32 Å². The van der Waals surface area contributed by atoms with Crippen molar-refractivity contribution in [2.75, 3.05) is 18.6 Å². The Bertz CT molecular complexity index is 470. The zero-order valence-corrected chi connectivity index (χ0v) is 13.1. The number of anilines is 1. The Morgan fingerprint density at radius 3 is 2.43 bits per heavy atom. The number of benzene rings is 1. The van der Waals surface area contributed by atoms with Crippen molar-refractivity contribution < 1.29 is 13.5 Å². The Balaban J connectivity index is 2.20. The van der Waals surface area contributed by atoms with Gasteiger partial charge in [0.1, 0.15) is 17.3 Å². The van der Waals surface area contributed by atoms with Crippen molar-refractivity contribution in [2.45, 2.75) is 51.9 Å². The average molecular weight is 298 g/mol. The predicted molar refractivity (Wildman–Crippen MR) is 80.6 cm³/mol. The number of hydrogen-bond acceptors (Lipinski definition) is 3. The molecule has 0 bridgehead atoms. The number of nitrogens with one attached hydrogen (secondary N) is 1. The van der Waals surface area contributed by atoms with E-state index in [1.54, 1.807) is 11.9 Å². The van der Waals surface area contributed by atoms with Crippen LogP contribution in [0.2, 0.25) is 0 Å². The van der Waals surface area contributed by atoms with E-state index in [4.69, 9.17) is 4.74 Å². The third kappa shape index (κ3) is 3.71. The van der Waals surface area contributed by atoms with Crippen molar-refractivity contribution in [3.8, 4) is 0 Å². The Labute approximate surface area is 125 Å². The molecule has 1 aromatic carbocycles. The first kappa shape index (κ1) is 16.2. The molecule has 1 fully saturated rings. The van der Waals surface area contributed by atoms with Gasteiger partial charge in [0.15, 0.2) is 0 Å². The fourth-order valence-electron chi connectivity index (χ4n) is 2.77. The Hall–Kier alpha value is -1.20. The van der Waals surface area contributed by atoms with E-state index >= 15 is 0 Å². The van der Waals surface area contributed by atoms with Crippen LogP contribution in [0, 0.1) is 11.6 Å². The average Bonchev–Trinajstić information content (AvgIpc) is 2.81. The van der Waals surface area contributed by atoms with Crippen LogP contribution in [0.3, 0.4) is 0 Å². The van der Waals surface area contributed by atoms with E-state index in [1.807, 2.05) is 20.8 Å². The lowest BCUT2D eigenvalue weighted by Gasteiger charge is -2.29. The van der Waals surface area contributed by atoms with Crippen molar-refractivity contribution in [3.05, 3.63) is 29.3 Å². The van der Waals surface area contributed by atoms with Gasteiger partial charge < -0.3 is 15.0 Å². The Morgan fingerprint density at radius 1 is 1.33 bits per heavy atom. The maximum Gasteiger partial charge on any atom is 0.149 e. The predicted octanol–water partition coefficient (Wildman–Crippen LogP) is 3.08. The summed E-state index contributed by atoms with van der Waals surface area (Å²) in [5, 5.41) is 3.16. The minimum Gasteiger partial charge on any atom is -0.376 e. The SMILES string of the molecule is CC(C)NCc1cc(F)c(N(C)C2CCOC2C)c(F)c1. The molecule has 0 amide bonds. The number of rotatable bonds is 5. The highest BCUT2D eigenvalue weighted by Crippen LogP contribution is 2.29. The smallest absolute Gasteiger partial charge is 0.149 e. The topological polar surface area (TPSA) is 24.5 Å². The minimum atomic E-state index is -0.517. The quantitative estimate of drug-likeness (QED) is 0.904. The summed E-state index contributed by atoms with van der Waals surface area (Å²) >= 11 is 0. The minimum absolute atomic E-state index is 0.00800. The molecule has 0 saturated carbocycles. The van der Waals surface area contributed by atoms with Crippen LogP contribution in [0.1, 0.15) is 32.8 Å². The van der Waals surface area contributed by atoms with Crippen LogP contribution in [0.25, 0.3) is 0 Å². The van der Waals surface area contributed by atoms with E-state index in [0.717, 1.165) is 6.42 Å². The number of halogens is 2. The molecule has 2 atom stereocenters. The van der Waals surface area contributed by atoms with Gasteiger partial charge >= 0.3 is 0 Å². The highest BCUT2D eigenvalue weighted by atomic mass is 19.1. The maximum absolute atomic E-state index is 14.3. The normalized spacial score (nSPS) is 22.0. The number of likely N-dealkylation sites (N-methyl/N-ethyl adjacent to an activating group) is 1.